The molecule has 28 heavy (non-hydrogen) atoms. The summed E-state index contributed by atoms with van der Waals surface area (Å²) in [4.78, 5) is 12.7. The number of nitrogens with one attached hydrogen (secondary N) is 1. The van der Waals surface area contributed by atoms with Gasteiger partial charge >= 0.3 is 5.51 Å². The molecule has 2 aromatic carbocycles. The van der Waals surface area contributed by atoms with E-state index in [9.17, 15) is 26.4 Å². The first-order valence-corrected chi connectivity index (χ1v) is 9.79. The Morgan fingerprint density at radius 2 is 1.86 bits per heavy atom. The highest BCUT2D eigenvalue weighted by Gasteiger charge is 2.47. The molecule has 6 nitrogen and oxygen atoms in total. The maximum Gasteiger partial charge on any atom is 0.501 e. The topological polar surface area (TPSA) is 75.7 Å². The second-order valence-electron chi connectivity index (χ2n) is 6.11. The first kappa shape index (κ1) is 20.0. The fraction of sp³-hybridized carbons (Fsp3) is 0.278. The van der Waals surface area contributed by atoms with Crippen molar-refractivity contribution in [3.8, 4) is 5.75 Å². The Labute approximate surface area is 159 Å². The van der Waals surface area contributed by atoms with Crippen molar-refractivity contribution in [1.82, 2.24) is 0 Å². The van der Waals surface area contributed by atoms with Crippen LogP contribution < -0.4 is 15.0 Å². The van der Waals surface area contributed by atoms with Crippen LogP contribution in [0.15, 0.2) is 47.4 Å². The van der Waals surface area contributed by atoms with Crippen LogP contribution in [0.5, 0.6) is 5.75 Å². The van der Waals surface area contributed by atoms with Gasteiger partial charge in [-0.15, -0.1) is 0 Å². The van der Waals surface area contributed by atoms with Gasteiger partial charge in [0, 0.05) is 18.7 Å². The number of ether oxygens (including phenoxy) is 1. The Bertz CT molecular complexity index is 1010. The minimum atomic E-state index is -5.53. The summed E-state index contributed by atoms with van der Waals surface area (Å²) in [6.07, 6.45) is 1.08. The van der Waals surface area contributed by atoms with Crippen LogP contribution in [-0.2, 0) is 14.6 Å². The van der Waals surface area contributed by atoms with Crippen LogP contribution in [-0.4, -0.2) is 33.5 Å². The first-order valence-electron chi connectivity index (χ1n) is 8.31. The smallest absolute Gasteiger partial charge is 0.495 e. The number of anilines is 3. The number of para-hydroxylation sites is 1. The van der Waals surface area contributed by atoms with Crippen molar-refractivity contribution in [3.63, 3.8) is 0 Å². The van der Waals surface area contributed by atoms with Gasteiger partial charge in [0.05, 0.1) is 23.4 Å². The molecule has 2 aromatic rings. The SMILES string of the molecule is COc1ccc(Nc2ccccc2S(=O)(=O)C(F)(F)F)cc1N1CCCC1=O. The van der Waals surface area contributed by atoms with Gasteiger partial charge < -0.3 is 15.0 Å². The summed E-state index contributed by atoms with van der Waals surface area (Å²) in [5.41, 5.74) is -4.85. The summed E-state index contributed by atoms with van der Waals surface area (Å²) in [6, 6.07) is 9.39. The van der Waals surface area contributed by atoms with E-state index >= 15 is 0 Å². The third-order valence-electron chi connectivity index (χ3n) is 4.30. The number of nitrogens with zero attached hydrogens (tertiary/aromatic N) is 1. The minimum Gasteiger partial charge on any atom is -0.495 e. The number of alkyl halides is 3. The van der Waals surface area contributed by atoms with Gasteiger partial charge in [0.25, 0.3) is 9.84 Å². The predicted octanol–water partition coefficient (Wildman–Crippen LogP) is 3.86. The number of methoxy groups -OCH3 is 1. The van der Waals surface area contributed by atoms with Gasteiger partial charge in [0.15, 0.2) is 0 Å². The third-order valence-corrected chi connectivity index (χ3v) is 5.85. The molecule has 1 amide bonds. The van der Waals surface area contributed by atoms with Crippen molar-refractivity contribution in [3.05, 3.63) is 42.5 Å². The lowest BCUT2D eigenvalue weighted by atomic mass is 10.2. The highest BCUT2D eigenvalue weighted by Crippen LogP contribution is 2.38. The molecule has 1 heterocycles. The Balaban J connectivity index is 2.01. The van der Waals surface area contributed by atoms with E-state index in [1.165, 1.54) is 36.3 Å². The molecule has 0 aliphatic carbocycles. The number of carbonyl (C=O) groups excluding carboxylic acids is 1. The van der Waals surface area contributed by atoms with E-state index in [1.807, 2.05) is 0 Å². The first-order chi connectivity index (χ1) is 13.1. The number of benzene rings is 2. The Hall–Kier alpha value is -2.75. The fourth-order valence-corrected chi connectivity index (χ4v) is 3.88. The van der Waals surface area contributed by atoms with E-state index in [4.69, 9.17) is 4.74 Å². The lowest BCUT2D eigenvalue weighted by molar-refractivity contribution is -0.117. The van der Waals surface area contributed by atoms with Gasteiger partial charge in [-0.3, -0.25) is 4.79 Å². The number of halogens is 3. The molecular weight excluding hydrogens is 397 g/mol. The number of hydrogen-bond acceptors (Lipinski definition) is 5. The Morgan fingerprint density at radius 3 is 2.46 bits per heavy atom. The van der Waals surface area contributed by atoms with Crippen molar-refractivity contribution in [2.24, 2.45) is 0 Å². The monoisotopic (exact) mass is 414 g/mol. The number of sulfone groups is 1. The average molecular weight is 414 g/mol. The van der Waals surface area contributed by atoms with Crippen LogP contribution in [0.1, 0.15) is 12.8 Å². The van der Waals surface area contributed by atoms with Crippen LogP contribution in [0.3, 0.4) is 0 Å². The Morgan fingerprint density at radius 1 is 1.14 bits per heavy atom. The van der Waals surface area contributed by atoms with Crippen molar-refractivity contribution >= 4 is 32.8 Å². The lowest BCUT2D eigenvalue weighted by Gasteiger charge is -2.21. The summed E-state index contributed by atoms with van der Waals surface area (Å²) in [7, 11) is -4.08. The maximum atomic E-state index is 13.0. The second kappa shape index (κ2) is 7.34. The normalized spacial score (nSPS) is 15.0. The molecule has 10 heteroatoms. The quantitative estimate of drug-likeness (QED) is 0.804. The summed E-state index contributed by atoms with van der Waals surface area (Å²) in [5, 5.41) is 2.71. The molecule has 0 spiro atoms. The molecule has 0 radical (unpaired) electrons. The number of hydrogen-bond donors (Lipinski definition) is 1. The fourth-order valence-electron chi connectivity index (χ4n) is 2.97. The van der Waals surface area contributed by atoms with Gasteiger partial charge in [-0.05, 0) is 36.8 Å². The third kappa shape index (κ3) is 3.64. The summed E-state index contributed by atoms with van der Waals surface area (Å²) < 4.78 is 67.9. The molecule has 1 aliphatic heterocycles. The van der Waals surface area contributed by atoms with E-state index in [0.717, 1.165) is 6.07 Å². The molecule has 0 unspecified atom stereocenters. The zero-order chi connectivity index (χ0) is 20.5. The van der Waals surface area contributed by atoms with Gasteiger partial charge in [-0.2, -0.15) is 13.2 Å². The lowest BCUT2D eigenvalue weighted by Crippen LogP contribution is -2.24. The van der Waals surface area contributed by atoms with Crippen molar-refractivity contribution in [2.75, 3.05) is 23.9 Å². The average Bonchev–Trinajstić information content (AvgIpc) is 3.07. The van der Waals surface area contributed by atoms with Crippen molar-refractivity contribution in [1.29, 1.82) is 0 Å². The molecule has 1 aliphatic rings. The van der Waals surface area contributed by atoms with Crippen molar-refractivity contribution in [2.45, 2.75) is 23.2 Å². The minimum absolute atomic E-state index is 0.0875. The molecule has 0 aromatic heterocycles. The molecule has 3 rings (SSSR count). The van der Waals surface area contributed by atoms with E-state index in [2.05, 4.69) is 5.32 Å². The summed E-state index contributed by atoms with van der Waals surface area (Å²) >= 11 is 0. The number of amides is 1. The molecule has 0 saturated carbocycles. The summed E-state index contributed by atoms with van der Waals surface area (Å²) in [6.45, 7) is 0.498. The maximum absolute atomic E-state index is 13.0. The molecule has 150 valence electrons. The number of rotatable bonds is 5. The van der Waals surface area contributed by atoms with E-state index in [1.54, 1.807) is 12.1 Å². The van der Waals surface area contributed by atoms with Crippen LogP contribution >= 0.6 is 0 Å². The summed E-state index contributed by atoms with van der Waals surface area (Å²) in [5.74, 6) is 0.340. The predicted molar refractivity (Wildman–Crippen MR) is 97.5 cm³/mol. The van der Waals surface area contributed by atoms with E-state index < -0.39 is 20.2 Å². The zero-order valence-electron chi connectivity index (χ0n) is 14.8. The molecular formula is C18H17F3N2O4S. The largest absolute Gasteiger partial charge is 0.501 e. The van der Waals surface area contributed by atoms with Crippen LogP contribution in [0.4, 0.5) is 30.2 Å². The van der Waals surface area contributed by atoms with Gasteiger partial charge in [-0.25, -0.2) is 8.42 Å². The van der Waals surface area contributed by atoms with E-state index in [-0.39, 0.29) is 11.6 Å². The molecule has 0 atom stereocenters. The number of carbonyl (C=O) groups is 1. The van der Waals surface area contributed by atoms with E-state index in [0.29, 0.717) is 36.5 Å². The molecule has 1 N–H and O–H groups in total. The molecule has 1 saturated heterocycles. The van der Waals surface area contributed by atoms with Crippen LogP contribution in [0, 0.1) is 0 Å². The Kier molecular flexibility index (Phi) is 5.24. The highest BCUT2D eigenvalue weighted by molar-refractivity contribution is 7.92. The van der Waals surface area contributed by atoms with Crippen LogP contribution in [0.2, 0.25) is 0 Å². The highest BCUT2D eigenvalue weighted by atomic mass is 32.2. The van der Waals surface area contributed by atoms with Gasteiger partial charge in [-0.1, -0.05) is 12.1 Å². The molecule has 1 fully saturated rings. The zero-order valence-corrected chi connectivity index (χ0v) is 15.6. The molecule has 0 bridgehead atoms. The van der Waals surface area contributed by atoms with Crippen molar-refractivity contribution < 1.29 is 31.1 Å². The standard InChI is InChI=1S/C18H17F3N2O4S/c1-27-15-9-8-12(11-14(15)23-10-4-7-17(23)24)22-13-5-2-3-6-16(13)28(25,26)18(19,20)21/h2-3,5-6,8-9,11,22H,4,7,10H2,1H3. The van der Waals surface area contributed by atoms with Crippen LogP contribution in [0.25, 0.3) is 0 Å². The second-order valence-corrected chi connectivity index (χ2v) is 8.02. The van der Waals surface area contributed by atoms with Gasteiger partial charge in [0.1, 0.15) is 5.75 Å². The van der Waals surface area contributed by atoms with Gasteiger partial charge in [0.2, 0.25) is 5.91 Å².